The molecule has 2 amide bonds. The lowest BCUT2D eigenvalue weighted by Gasteiger charge is -2.26. The van der Waals surface area contributed by atoms with Crippen molar-refractivity contribution in [2.24, 2.45) is 5.41 Å². The van der Waals surface area contributed by atoms with Crippen LogP contribution in [-0.2, 0) is 0 Å². The molecule has 0 radical (unpaired) electrons. The molecule has 1 heterocycles. The van der Waals surface area contributed by atoms with Crippen molar-refractivity contribution in [2.45, 2.75) is 46.6 Å². The molecule has 1 aromatic carbocycles. The number of aliphatic hydroxyl groups excluding tert-OH is 1. The maximum absolute atomic E-state index is 12.0. The second-order valence-corrected chi connectivity index (χ2v) is 7.41. The van der Waals surface area contributed by atoms with Crippen molar-refractivity contribution in [3.05, 3.63) is 23.8 Å². The number of nitrogens with one attached hydrogen (secondary N) is 2. The number of urea groups is 1. The molecule has 2 rings (SSSR count). The lowest BCUT2D eigenvalue weighted by Crippen LogP contribution is -2.41. The van der Waals surface area contributed by atoms with Crippen LogP contribution in [0.1, 0.15) is 39.2 Å². The first-order valence-electron chi connectivity index (χ1n) is 8.36. The van der Waals surface area contributed by atoms with Crippen molar-refractivity contribution >= 4 is 17.4 Å². The molecule has 1 unspecified atom stereocenters. The molecule has 0 bridgehead atoms. The van der Waals surface area contributed by atoms with Crippen LogP contribution in [0.25, 0.3) is 0 Å². The van der Waals surface area contributed by atoms with Gasteiger partial charge in [-0.05, 0) is 48.9 Å². The standard InChI is InChI=1S/C18H29N3O2/c1-13-11-14(21-9-5-6-10-21)7-8-15(13)20-17(23)19-12-16(22)18(2,3)4/h7-8,11,16,22H,5-6,9-10,12H2,1-4H3,(H2,19,20,23). The number of hydrogen-bond acceptors (Lipinski definition) is 3. The highest BCUT2D eigenvalue weighted by Gasteiger charge is 2.22. The summed E-state index contributed by atoms with van der Waals surface area (Å²) in [5, 5.41) is 15.5. The van der Waals surface area contributed by atoms with E-state index in [-0.39, 0.29) is 18.0 Å². The van der Waals surface area contributed by atoms with Crippen LogP contribution in [0.2, 0.25) is 0 Å². The summed E-state index contributed by atoms with van der Waals surface area (Å²) in [5.74, 6) is 0. The number of hydrogen-bond donors (Lipinski definition) is 3. The maximum atomic E-state index is 12.0. The molecule has 0 aliphatic carbocycles. The van der Waals surface area contributed by atoms with E-state index in [9.17, 15) is 9.90 Å². The van der Waals surface area contributed by atoms with Crippen LogP contribution >= 0.6 is 0 Å². The number of carbonyl (C=O) groups is 1. The van der Waals surface area contributed by atoms with Gasteiger partial charge in [-0.15, -0.1) is 0 Å². The summed E-state index contributed by atoms with van der Waals surface area (Å²) < 4.78 is 0. The largest absolute Gasteiger partial charge is 0.391 e. The van der Waals surface area contributed by atoms with Crippen LogP contribution in [-0.4, -0.2) is 36.9 Å². The van der Waals surface area contributed by atoms with Gasteiger partial charge < -0.3 is 20.6 Å². The molecular formula is C18H29N3O2. The zero-order valence-corrected chi connectivity index (χ0v) is 14.6. The zero-order valence-electron chi connectivity index (χ0n) is 14.6. The van der Waals surface area contributed by atoms with E-state index in [4.69, 9.17) is 0 Å². The van der Waals surface area contributed by atoms with Crippen molar-refractivity contribution in [2.75, 3.05) is 29.9 Å². The number of carbonyl (C=O) groups excluding carboxylic acids is 1. The minimum Gasteiger partial charge on any atom is -0.391 e. The van der Waals surface area contributed by atoms with Gasteiger partial charge in [-0.1, -0.05) is 20.8 Å². The molecule has 3 N–H and O–H groups in total. The highest BCUT2D eigenvalue weighted by Crippen LogP contribution is 2.25. The summed E-state index contributed by atoms with van der Waals surface area (Å²) in [6.07, 6.45) is 1.92. The second kappa shape index (κ2) is 7.21. The first-order valence-corrected chi connectivity index (χ1v) is 8.36. The number of rotatable bonds is 4. The van der Waals surface area contributed by atoms with Gasteiger partial charge >= 0.3 is 6.03 Å². The second-order valence-electron chi connectivity index (χ2n) is 7.41. The topological polar surface area (TPSA) is 64.6 Å². The van der Waals surface area contributed by atoms with E-state index < -0.39 is 6.10 Å². The fourth-order valence-corrected chi connectivity index (χ4v) is 2.62. The zero-order chi connectivity index (χ0) is 17.0. The molecule has 1 aliphatic heterocycles. The molecular weight excluding hydrogens is 290 g/mol. The highest BCUT2D eigenvalue weighted by atomic mass is 16.3. The van der Waals surface area contributed by atoms with Crippen molar-refractivity contribution in [3.8, 4) is 0 Å². The summed E-state index contributed by atoms with van der Waals surface area (Å²) >= 11 is 0. The summed E-state index contributed by atoms with van der Waals surface area (Å²) in [4.78, 5) is 14.4. The average molecular weight is 319 g/mol. The van der Waals surface area contributed by atoms with Gasteiger partial charge in [-0.2, -0.15) is 0 Å². The Labute approximate surface area is 139 Å². The molecule has 0 saturated carbocycles. The Kier molecular flexibility index (Phi) is 5.52. The molecule has 1 fully saturated rings. The lowest BCUT2D eigenvalue weighted by molar-refractivity contribution is 0.0654. The Morgan fingerprint density at radius 3 is 2.52 bits per heavy atom. The third-order valence-electron chi connectivity index (χ3n) is 4.39. The maximum Gasteiger partial charge on any atom is 0.319 e. The van der Waals surface area contributed by atoms with E-state index in [0.717, 1.165) is 24.3 Å². The minimum absolute atomic E-state index is 0.236. The van der Waals surface area contributed by atoms with Gasteiger partial charge in [0.2, 0.25) is 0 Å². The summed E-state index contributed by atoms with van der Waals surface area (Å²) in [6, 6.07) is 5.83. The van der Waals surface area contributed by atoms with Crippen LogP contribution in [0, 0.1) is 12.3 Å². The predicted octanol–water partition coefficient (Wildman–Crippen LogP) is 3.12. The van der Waals surface area contributed by atoms with Gasteiger partial charge in [0.1, 0.15) is 0 Å². The predicted molar refractivity (Wildman–Crippen MR) is 95.1 cm³/mol. The fourth-order valence-electron chi connectivity index (χ4n) is 2.62. The van der Waals surface area contributed by atoms with E-state index >= 15 is 0 Å². The first-order chi connectivity index (χ1) is 10.8. The Balaban J connectivity index is 1.90. The SMILES string of the molecule is Cc1cc(N2CCCC2)ccc1NC(=O)NCC(O)C(C)(C)C. The van der Waals surface area contributed by atoms with Gasteiger partial charge in [-0.3, -0.25) is 0 Å². The molecule has 0 spiro atoms. The monoisotopic (exact) mass is 319 g/mol. The third-order valence-corrected chi connectivity index (χ3v) is 4.39. The van der Waals surface area contributed by atoms with Crippen molar-refractivity contribution in [3.63, 3.8) is 0 Å². The molecule has 5 heteroatoms. The van der Waals surface area contributed by atoms with Crippen molar-refractivity contribution < 1.29 is 9.90 Å². The Bertz CT molecular complexity index is 546. The number of aryl methyl sites for hydroxylation is 1. The van der Waals surface area contributed by atoms with Crippen molar-refractivity contribution in [1.82, 2.24) is 5.32 Å². The number of amides is 2. The lowest BCUT2D eigenvalue weighted by atomic mass is 9.89. The van der Waals surface area contributed by atoms with E-state index in [1.807, 2.05) is 33.8 Å². The van der Waals surface area contributed by atoms with Gasteiger partial charge in [-0.25, -0.2) is 4.79 Å². The van der Waals surface area contributed by atoms with E-state index in [2.05, 4.69) is 27.7 Å². The summed E-state index contributed by atoms with van der Waals surface area (Å²) in [7, 11) is 0. The van der Waals surface area contributed by atoms with Crippen LogP contribution in [0.15, 0.2) is 18.2 Å². The third kappa shape index (κ3) is 4.86. The molecule has 5 nitrogen and oxygen atoms in total. The Morgan fingerprint density at radius 1 is 1.30 bits per heavy atom. The molecule has 1 aliphatic rings. The number of aliphatic hydroxyl groups is 1. The van der Waals surface area contributed by atoms with Crippen LogP contribution < -0.4 is 15.5 Å². The molecule has 0 aromatic heterocycles. The quantitative estimate of drug-likeness (QED) is 0.799. The molecule has 1 saturated heterocycles. The highest BCUT2D eigenvalue weighted by molar-refractivity contribution is 5.90. The first kappa shape index (κ1) is 17.6. The van der Waals surface area contributed by atoms with Crippen LogP contribution in [0.3, 0.4) is 0 Å². The molecule has 1 atom stereocenters. The summed E-state index contributed by atoms with van der Waals surface area (Å²) in [6.45, 7) is 10.3. The van der Waals surface area contributed by atoms with Gasteiger partial charge in [0.25, 0.3) is 0 Å². The van der Waals surface area contributed by atoms with E-state index in [0.29, 0.717) is 0 Å². The summed E-state index contributed by atoms with van der Waals surface area (Å²) in [5.41, 5.74) is 2.81. The van der Waals surface area contributed by atoms with Crippen molar-refractivity contribution in [1.29, 1.82) is 0 Å². The average Bonchev–Trinajstić information content (AvgIpc) is 3.00. The smallest absolute Gasteiger partial charge is 0.319 e. The Morgan fingerprint density at radius 2 is 1.96 bits per heavy atom. The normalized spacial score (nSPS) is 16.3. The van der Waals surface area contributed by atoms with E-state index in [1.54, 1.807) is 0 Å². The number of anilines is 2. The number of nitrogens with zero attached hydrogens (tertiary/aromatic N) is 1. The van der Waals surface area contributed by atoms with Gasteiger partial charge in [0, 0.05) is 31.0 Å². The van der Waals surface area contributed by atoms with Gasteiger partial charge in [0.05, 0.1) is 6.10 Å². The van der Waals surface area contributed by atoms with E-state index in [1.165, 1.54) is 18.5 Å². The Hall–Kier alpha value is -1.75. The van der Waals surface area contributed by atoms with Crippen LogP contribution in [0.4, 0.5) is 16.2 Å². The number of benzene rings is 1. The molecule has 23 heavy (non-hydrogen) atoms. The minimum atomic E-state index is -0.577. The van der Waals surface area contributed by atoms with Crippen LogP contribution in [0.5, 0.6) is 0 Å². The fraction of sp³-hybridized carbons (Fsp3) is 0.611. The molecule has 1 aromatic rings. The van der Waals surface area contributed by atoms with Gasteiger partial charge in [0.15, 0.2) is 0 Å². The molecule has 128 valence electrons.